The molecular formula is C11H17N5. The molecule has 2 heterocycles. The number of hydrogen-bond donors (Lipinski definition) is 2. The lowest BCUT2D eigenvalue weighted by Crippen LogP contribution is -2.29. The van der Waals surface area contributed by atoms with Crippen molar-refractivity contribution in [3.63, 3.8) is 0 Å². The van der Waals surface area contributed by atoms with Crippen molar-refractivity contribution in [3.8, 4) is 0 Å². The predicted octanol–water partition coefficient (Wildman–Crippen LogP) is 0.621. The van der Waals surface area contributed by atoms with Crippen LogP contribution >= 0.6 is 0 Å². The molecular weight excluding hydrogens is 202 g/mol. The van der Waals surface area contributed by atoms with Crippen LogP contribution in [-0.4, -0.2) is 34.5 Å². The molecule has 1 aliphatic carbocycles. The Morgan fingerprint density at radius 2 is 2.19 bits per heavy atom. The number of nitrogens with one attached hydrogen (secondary N) is 1. The monoisotopic (exact) mass is 219 g/mol. The molecule has 1 aliphatic heterocycles. The van der Waals surface area contributed by atoms with E-state index in [9.17, 15) is 0 Å². The Hall–Kier alpha value is -1.36. The van der Waals surface area contributed by atoms with Crippen molar-refractivity contribution >= 4 is 11.8 Å². The Balaban J connectivity index is 1.97. The van der Waals surface area contributed by atoms with Crippen molar-refractivity contribution in [1.29, 1.82) is 0 Å². The average molecular weight is 219 g/mol. The van der Waals surface area contributed by atoms with E-state index in [-0.39, 0.29) is 0 Å². The Morgan fingerprint density at radius 1 is 1.38 bits per heavy atom. The molecule has 1 saturated carbocycles. The van der Waals surface area contributed by atoms with Gasteiger partial charge in [-0.15, -0.1) is 0 Å². The fraction of sp³-hybridized carbons (Fsp3) is 0.636. The van der Waals surface area contributed by atoms with Crippen LogP contribution in [0.1, 0.15) is 24.1 Å². The Bertz CT molecular complexity index is 413. The molecule has 0 radical (unpaired) electrons. The summed E-state index contributed by atoms with van der Waals surface area (Å²) < 4.78 is 0. The number of nitrogen functional groups attached to an aromatic ring is 1. The van der Waals surface area contributed by atoms with Gasteiger partial charge in [-0.3, -0.25) is 0 Å². The molecule has 1 aromatic heterocycles. The summed E-state index contributed by atoms with van der Waals surface area (Å²) in [5.41, 5.74) is 8.09. The fourth-order valence-electron chi connectivity index (χ4n) is 2.11. The molecule has 3 rings (SSSR count). The van der Waals surface area contributed by atoms with E-state index in [0.717, 1.165) is 31.0 Å². The van der Waals surface area contributed by atoms with E-state index >= 15 is 0 Å². The molecule has 5 heteroatoms. The summed E-state index contributed by atoms with van der Waals surface area (Å²) in [4.78, 5) is 11.0. The Labute approximate surface area is 95.1 Å². The number of hydrogen-bond acceptors (Lipinski definition) is 5. The summed E-state index contributed by atoms with van der Waals surface area (Å²) in [6.45, 7) is 1.97. The highest BCUT2D eigenvalue weighted by Gasteiger charge is 2.26. The first-order valence-corrected chi connectivity index (χ1v) is 5.83. The minimum absolute atomic E-state index is 0.395. The quantitative estimate of drug-likeness (QED) is 0.763. The first kappa shape index (κ1) is 9.84. The van der Waals surface area contributed by atoms with Crippen LogP contribution in [0.25, 0.3) is 0 Å². The smallest absolute Gasteiger partial charge is 0.222 e. The van der Waals surface area contributed by atoms with Crippen LogP contribution in [0, 0.1) is 0 Å². The van der Waals surface area contributed by atoms with Gasteiger partial charge >= 0.3 is 0 Å². The molecule has 0 saturated heterocycles. The summed E-state index contributed by atoms with van der Waals surface area (Å²) in [6, 6.07) is 0.602. The number of aromatic nitrogens is 2. The SMILES string of the molecule is CN1CCc2nc(N)nc(NC3CC3)c2C1. The third kappa shape index (κ3) is 1.82. The lowest BCUT2D eigenvalue weighted by Gasteiger charge is -2.26. The van der Waals surface area contributed by atoms with Crippen LogP contribution in [0.5, 0.6) is 0 Å². The summed E-state index contributed by atoms with van der Waals surface area (Å²) >= 11 is 0. The largest absolute Gasteiger partial charge is 0.368 e. The van der Waals surface area contributed by atoms with Crippen LogP contribution in [-0.2, 0) is 13.0 Å². The van der Waals surface area contributed by atoms with Crippen LogP contribution in [0.4, 0.5) is 11.8 Å². The third-order valence-electron chi connectivity index (χ3n) is 3.19. The zero-order valence-corrected chi connectivity index (χ0v) is 9.53. The van der Waals surface area contributed by atoms with E-state index in [1.807, 2.05) is 0 Å². The lowest BCUT2D eigenvalue weighted by atomic mass is 10.1. The second-order valence-electron chi connectivity index (χ2n) is 4.76. The number of nitrogens with two attached hydrogens (primary N) is 1. The molecule has 1 aromatic rings. The summed E-state index contributed by atoms with van der Waals surface area (Å²) in [5.74, 6) is 1.35. The zero-order chi connectivity index (χ0) is 11.1. The van der Waals surface area contributed by atoms with E-state index in [1.165, 1.54) is 18.4 Å². The summed E-state index contributed by atoms with van der Waals surface area (Å²) in [7, 11) is 2.13. The van der Waals surface area contributed by atoms with Crippen LogP contribution in [0.2, 0.25) is 0 Å². The molecule has 1 fully saturated rings. The molecule has 0 spiro atoms. The number of rotatable bonds is 2. The second kappa shape index (κ2) is 3.59. The Morgan fingerprint density at radius 3 is 2.94 bits per heavy atom. The highest BCUT2D eigenvalue weighted by Crippen LogP contribution is 2.29. The topological polar surface area (TPSA) is 67.1 Å². The maximum absolute atomic E-state index is 5.74. The van der Waals surface area contributed by atoms with Gasteiger partial charge in [0, 0.05) is 31.1 Å². The minimum Gasteiger partial charge on any atom is -0.368 e. The van der Waals surface area contributed by atoms with Gasteiger partial charge in [-0.1, -0.05) is 0 Å². The van der Waals surface area contributed by atoms with Crippen molar-refractivity contribution in [2.24, 2.45) is 0 Å². The van der Waals surface area contributed by atoms with E-state index in [4.69, 9.17) is 5.73 Å². The number of anilines is 2. The first-order valence-electron chi connectivity index (χ1n) is 5.83. The first-order chi connectivity index (χ1) is 7.72. The fourth-order valence-corrected chi connectivity index (χ4v) is 2.11. The molecule has 0 atom stereocenters. The van der Waals surface area contributed by atoms with Crippen molar-refractivity contribution < 1.29 is 0 Å². The van der Waals surface area contributed by atoms with Crippen molar-refractivity contribution in [2.75, 3.05) is 24.6 Å². The van der Waals surface area contributed by atoms with Crippen LogP contribution in [0.15, 0.2) is 0 Å². The molecule has 0 unspecified atom stereocenters. The van der Waals surface area contributed by atoms with Gasteiger partial charge in [-0.25, -0.2) is 4.98 Å². The highest BCUT2D eigenvalue weighted by molar-refractivity contribution is 5.51. The molecule has 0 amide bonds. The number of nitrogens with zero attached hydrogens (tertiary/aromatic N) is 3. The van der Waals surface area contributed by atoms with Gasteiger partial charge in [0.05, 0.1) is 5.69 Å². The van der Waals surface area contributed by atoms with Crippen molar-refractivity contribution in [3.05, 3.63) is 11.3 Å². The lowest BCUT2D eigenvalue weighted by molar-refractivity contribution is 0.310. The van der Waals surface area contributed by atoms with E-state index in [2.05, 4.69) is 27.2 Å². The molecule has 5 nitrogen and oxygen atoms in total. The van der Waals surface area contributed by atoms with Gasteiger partial charge in [-0.2, -0.15) is 4.98 Å². The molecule has 0 bridgehead atoms. The van der Waals surface area contributed by atoms with Crippen LogP contribution in [0.3, 0.4) is 0 Å². The maximum Gasteiger partial charge on any atom is 0.222 e. The average Bonchev–Trinajstić information content (AvgIpc) is 3.03. The van der Waals surface area contributed by atoms with Gasteiger partial charge in [0.1, 0.15) is 5.82 Å². The van der Waals surface area contributed by atoms with Gasteiger partial charge < -0.3 is 16.0 Å². The summed E-state index contributed by atoms with van der Waals surface area (Å²) in [6.07, 6.45) is 3.46. The molecule has 2 aliphatic rings. The van der Waals surface area contributed by atoms with E-state index < -0.39 is 0 Å². The zero-order valence-electron chi connectivity index (χ0n) is 9.53. The van der Waals surface area contributed by atoms with E-state index in [1.54, 1.807) is 0 Å². The van der Waals surface area contributed by atoms with Crippen LogP contribution < -0.4 is 11.1 Å². The molecule has 86 valence electrons. The Kier molecular flexibility index (Phi) is 2.21. The maximum atomic E-state index is 5.74. The van der Waals surface area contributed by atoms with Crippen molar-refractivity contribution in [2.45, 2.75) is 31.8 Å². The van der Waals surface area contributed by atoms with Gasteiger partial charge in [0.2, 0.25) is 5.95 Å². The van der Waals surface area contributed by atoms with Gasteiger partial charge in [-0.05, 0) is 19.9 Å². The molecule has 16 heavy (non-hydrogen) atoms. The normalized spacial score (nSPS) is 20.6. The predicted molar refractivity (Wildman–Crippen MR) is 63.1 cm³/mol. The standard InChI is InChI=1S/C11H17N5/c1-16-5-4-9-8(6-16)10(13-7-2-3-7)15-11(12)14-9/h7H,2-6H2,1H3,(H3,12,13,14,15). The van der Waals surface area contributed by atoms with E-state index in [0.29, 0.717) is 12.0 Å². The van der Waals surface area contributed by atoms with Gasteiger partial charge in [0.25, 0.3) is 0 Å². The highest BCUT2D eigenvalue weighted by atomic mass is 15.2. The number of likely N-dealkylation sites (N-methyl/N-ethyl adjacent to an activating group) is 1. The summed E-state index contributed by atoms with van der Waals surface area (Å²) in [5, 5.41) is 3.45. The number of fused-ring (bicyclic) bond motifs is 1. The molecule has 0 aromatic carbocycles. The minimum atomic E-state index is 0.395. The second-order valence-corrected chi connectivity index (χ2v) is 4.76. The molecule has 3 N–H and O–H groups in total. The van der Waals surface area contributed by atoms with Crippen molar-refractivity contribution in [1.82, 2.24) is 14.9 Å². The van der Waals surface area contributed by atoms with Gasteiger partial charge in [0.15, 0.2) is 0 Å². The third-order valence-corrected chi connectivity index (χ3v) is 3.19.